The number of halogens is 3. The van der Waals surface area contributed by atoms with Gasteiger partial charge in [0.25, 0.3) is 0 Å². The van der Waals surface area contributed by atoms with Crippen LogP contribution in [0.15, 0.2) is 0 Å². The maximum atomic E-state index is 12.2. The molecule has 1 aliphatic carbocycles. The Labute approximate surface area is 70.1 Å². The smallest absolute Gasteiger partial charge is 0.328 e. The maximum absolute atomic E-state index is 12.2. The van der Waals surface area contributed by atoms with Crippen LogP contribution in [0.3, 0.4) is 0 Å². The van der Waals surface area contributed by atoms with Gasteiger partial charge in [-0.15, -0.1) is 0 Å². The first-order valence-electron chi connectivity index (χ1n) is 4.32. The number of alkyl halides is 3. The van der Waals surface area contributed by atoms with E-state index in [4.69, 9.17) is 5.73 Å². The number of rotatable bonds is 0. The minimum atomic E-state index is -4.04. The molecule has 0 amide bonds. The van der Waals surface area contributed by atoms with E-state index in [1.807, 2.05) is 0 Å². The second-order valence-electron chi connectivity index (χ2n) is 3.52. The Balaban J connectivity index is 2.52. The summed E-state index contributed by atoms with van der Waals surface area (Å²) in [5, 5.41) is 0. The Morgan fingerprint density at radius 2 is 1.67 bits per heavy atom. The summed E-state index contributed by atoms with van der Waals surface area (Å²) in [6.45, 7) is 0. The topological polar surface area (TPSA) is 26.0 Å². The lowest BCUT2D eigenvalue weighted by Crippen LogP contribution is -2.29. The molecule has 0 spiro atoms. The molecule has 0 aliphatic heterocycles. The maximum Gasteiger partial charge on any atom is 0.391 e. The van der Waals surface area contributed by atoms with E-state index < -0.39 is 12.1 Å². The summed E-state index contributed by atoms with van der Waals surface area (Å²) in [7, 11) is 0. The van der Waals surface area contributed by atoms with Crippen molar-refractivity contribution in [3.8, 4) is 0 Å². The zero-order valence-corrected chi connectivity index (χ0v) is 6.90. The zero-order chi connectivity index (χ0) is 9.19. The van der Waals surface area contributed by atoms with Crippen LogP contribution in [-0.2, 0) is 0 Å². The first kappa shape index (κ1) is 9.84. The Morgan fingerprint density at radius 3 is 2.25 bits per heavy atom. The highest BCUT2D eigenvalue weighted by molar-refractivity contribution is 4.77. The third-order valence-electron chi connectivity index (χ3n) is 2.43. The largest absolute Gasteiger partial charge is 0.391 e. The van der Waals surface area contributed by atoms with Gasteiger partial charge in [0.15, 0.2) is 0 Å². The molecule has 1 aliphatic rings. The Bertz CT molecular complexity index is 144. The predicted molar refractivity (Wildman–Crippen MR) is 40.6 cm³/mol. The summed E-state index contributed by atoms with van der Waals surface area (Å²) in [5.41, 5.74) is 5.52. The van der Waals surface area contributed by atoms with E-state index >= 15 is 0 Å². The summed E-state index contributed by atoms with van der Waals surface area (Å²) >= 11 is 0. The van der Waals surface area contributed by atoms with Crippen LogP contribution >= 0.6 is 0 Å². The monoisotopic (exact) mass is 181 g/mol. The number of hydrogen-bond donors (Lipinski definition) is 1. The molecule has 4 heteroatoms. The van der Waals surface area contributed by atoms with Gasteiger partial charge in [-0.05, 0) is 19.3 Å². The lowest BCUT2D eigenvalue weighted by molar-refractivity contribution is -0.178. The Hall–Kier alpha value is -0.250. The molecule has 0 aromatic rings. The number of nitrogens with two attached hydrogens (primary N) is 1. The molecule has 0 heterocycles. The lowest BCUT2D eigenvalue weighted by Gasteiger charge is -2.19. The van der Waals surface area contributed by atoms with Gasteiger partial charge in [-0.3, -0.25) is 0 Å². The average molecular weight is 181 g/mol. The van der Waals surface area contributed by atoms with Crippen LogP contribution in [0.5, 0.6) is 0 Å². The highest BCUT2D eigenvalue weighted by Crippen LogP contribution is 2.35. The van der Waals surface area contributed by atoms with Crippen molar-refractivity contribution >= 4 is 0 Å². The third-order valence-corrected chi connectivity index (χ3v) is 2.43. The molecular weight excluding hydrogens is 167 g/mol. The summed E-state index contributed by atoms with van der Waals surface area (Å²) in [6.07, 6.45) is -1.42. The van der Waals surface area contributed by atoms with E-state index in [9.17, 15) is 13.2 Å². The highest BCUT2D eigenvalue weighted by Gasteiger charge is 2.40. The Kier molecular flexibility index (Phi) is 2.99. The van der Waals surface area contributed by atoms with Crippen molar-refractivity contribution in [3.05, 3.63) is 0 Å². The minimum absolute atomic E-state index is 0.115. The van der Waals surface area contributed by atoms with E-state index in [-0.39, 0.29) is 18.9 Å². The van der Waals surface area contributed by atoms with Crippen molar-refractivity contribution in [1.82, 2.24) is 0 Å². The van der Waals surface area contributed by atoms with Crippen LogP contribution in [0.1, 0.15) is 32.1 Å². The van der Waals surface area contributed by atoms with Crippen LogP contribution in [-0.4, -0.2) is 12.2 Å². The fourth-order valence-electron chi connectivity index (χ4n) is 1.70. The molecule has 2 atom stereocenters. The van der Waals surface area contributed by atoms with Gasteiger partial charge in [0.1, 0.15) is 0 Å². The van der Waals surface area contributed by atoms with E-state index in [0.717, 1.165) is 12.8 Å². The second kappa shape index (κ2) is 3.64. The fraction of sp³-hybridized carbons (Fsp3) is 1.00. The summed E-state index contributed by atoms with van der Waals surface area (Å²) < 4.78 is 36.7. The SMILES string of the molecule is N[C@H]1CCCC[C@H](C(F)(F)F)C1. The van der Waals surface area contributed by atoms with Crippen molar-refractivity contribution < 1.29 is 13.2 Å². The van der Waals surface area contributed by atoms with Crippen LogP contribution < -0.4 is 5.73 Å². The predicted octanol–water partition coefficient (Wildman–Crippen LogP) is 2.46. The Morgan fingerprint density at radius 1 is 1.08 bits per heavy atom. The second-order valence-corrected chi connectivity index (χ2v) is 3.52. The van der Waals surface area contributed by atoms with Gasteiger partial charge < -0.3 is 5.73 Å². The van der Waals surface area contributed by atoms with Crippen molar-refractivity contribution in [2.75, 3.05) is 0 Å². The van der Waals surface area contributed by atoms with Crippen LogP contribution in [0.25, 0.3) is 0 Å². The normalized spacial score (nSPS) is 33.0. The van der Waals surface area contributed by atoms with Gasteiger partial charge in [-0.25, -0.2) is 0 Å². The van der Waals surface area contributed by atoms with Gasteiger partial charge in [0.05, 0.1) is 5.92 Å². The standard InChI is InChI=1S/C8H14F3N/c9-8(10,11)6-3-1-2-4-7(12)5-6/h6-7H,1-5,12H2/t6-,7-/m0/s1. The molecule has 1 rings (SSSR count). The summed E-state index contributed by atoms with van der Waals surface area (Å²) in [5.74, 6) is -1.16. The van der Waals surface area contributed by atoms with Gasteiger partial charge in [0.2, 0.25) is 0 Å². The number of hydrogen-bond acceptors (Lipinski definition) is 1. The van der Waals surface area contributed by atoms with Crippen molar-refractivity contribution in [2.24, 2.45) is 11.7 Å². The van der Waals surface area contributed by atoms with Crippen LogP contribution in [0.4, 0.5) is 13.2 Å². The molecule has 1 saturated carbocycles. The molecule has 0 aromatic heterocycles. The zero-order valence-electron chi connectivity index (χ0n) is 6.90. The molecule has 0 aromatic carbocycles. The van der Waals surface area contributed by atoms with Gasteiger partial charge in [-0.2, -0.15) is 13.2 Å². The first-order chi connectivity index (χ1) is 5.50. The first-order valence-corrected chi connectivity index (χ1v) is 4.32. The molecule has 0 radical (unpaired) electrons. The van der Waals surface area contributed by atoms with Crippen LogP contribution in [0.2, 0.25) is 0 Å². The van der Waals surface area contributed by atoms with Crippen LogP contribution in [0, 0.1) is 5.92 Å². The molecule has 12 heavy (non-hydrogen) atoms. The van der Waals surface area contributed by atoms with E-state index in [0.29, 0.717) is 6.42 Å². The van der Waals surface area contributed by atoms with Crippen molar-refractivity contribution in [3.63, 3.8) is 0 Å². The molecule has 1 fully saturated rings. The molecular formula is C8H14F3N. The van der Waals surface area contributed by atoms with E-state index in [2.05, 4.69) is 0 Å². The molecule has 0 saturated heterocycles. The molecule has 72 valence electrons. The van der Waals surface area contributed by atoms with Crippen molar-refractivity contribution in [2.45, 2.75) is 44.3 Å². The summed E-state index contributed by atoms with van der Waals surface area (Å²) in [4.78, 5) is 0. The highest BCUT2D eigenvalue weighted by atomic mass is 19.4. The van der Waals surface area contributed by atoms with Gasteiger partial charge >= 0.3 is 6.18 Å². The van der Waals surface area contributed by atoms with Gasteiger partial charge in [0, 0.05) is 6.04 Å². The van der Waals surface area contributed by atoms with Gasteiger partial charge in [-0.1, -0.05) is 12.8 Å². The summed E-state index contributed by atoms with van der Waals surface area (Å²) in [6, 6.07) is -0.251. The molecule has 1 nitrogen and oxygen atoms in total. The minimum Gasteiger partial charge on any atom is -0.328 e. The molecule has 0 bridgehead atoms. The van der Waals surface area contributed by atoms with E-state index in [1.165, 1.54) is 0 Å². The molecule has 0 unspecified atom stereocenters. The average Bonchev–Trinajstić information content (AvgIpc) is 2.11. The van der Waals surface area contributed by atoms with E-state index in [1.54, 1.807) is 0 Å². The lowest BCUT2D eigenvalue weighted by atomic mass is 9.98. The quantitative estimate of drug-likeness (QED) is 0.571. The third kappa shape index (κ3) is 2.66. The fourth-order valence-corrected chi connectivity index (χ4v) is 1.70. The van der Waals surface area contributed by atoms with Crippen molar-refractivity contribution in [1.29, 1.82) is 0 Å². The molecule has 2 N–H and O–H groups in total.